The van der Waals surface area contributed by atoms with Crippen LogP contribution in [0.25, 0.3) is 5.57 Å². The Kier molecular flexibility index (Phi) is 6.00. The van der Waals surface area contributed by atoms with Crippen molar-refractivity contribution in [3.8, 4) is 0 Å². The smallest absolute Gasteiger partial charge is 0.258 e. The number of hydrogen-bond acceptors (Lipinski definition) is 5. The zero-order chi connectivity index (χ0) is 21.8. The summed E-state index contributed by atoms with van der Waals surface area (Å²) in [7, 11) is 2.13. The van der Waals surface area contributed by atoms with E-state index in [1.165, 1.54) is 11.1 Å². The van der Waals surface area contributed by atoms with Crippen molar-refractivity contribution < 1.29 is 4.79 Å². The lowest BCUT2D eigenvalue weighted by atomic mass is 10.0. The maximum absolute atomic E-state index is 12.5. The third-order valence-electron chi connectivity index (χ3n) is 5.43. The number of aromatic nitrogens is 1. The molecule has 4 N–H and O–H groups in total. The van der Waals surface area contributed by atoms with Gasteiger partial charge in [-0.2, -0.15) is 0 Å². The number of nitrogens with one attached hydrogen (secondary N) is 2. The second kappa shape index (κ2) is 9.02. The summed E-state index contributed by atoms with van der Waals surface area (Å²) in [5.41, 5.74) is 13.1. The van der Waals surface area contributed by atoms with Crippen molar-refractivity contribution in [3.63, 3.8) is 0 Å². The van der Waals surface area contributed by atoms with Gasteiger partial charge in [0.25, 0.3) is 5.91 Å². The van der Waals surface area contributed by atoms with Gasteiger partial charge in [-0.15, -0.1) is 0 Å². The van der Waals surface area contributed by atoms with Gasteiger partial charge in [-0.05, 0) is 74.0 Å². The highest BCUT2D eigenvalue weighted by Crippen LogP contribution is 2.35. The molecule has 6 heteroatoms. The maximum atomic E-state index is 12.5. The number of benzene rings is 2. The van der Waals surface area contributed by atoms with E-state index < -0.39 is 0 Å². The van der Waals surface area contributed by atoms with Gasteiger partial charge in [0.15, 0.2) is 0 Å². The molecular formula is C25H27N5O. The number of likely N-dealkylation sites (N-methyl/N-ethyl adjacent to an activating group) is 1. The van der Waals surface area contributed by atoms with E-state index in [1.807, 2.05) is 43.6 Å². The first kappa shape index (κ1) is 20.6. The molecule has 1 aromatic heterocycles. The van der Waals surface area contributed by atoms with Crippen molar-refractivity contribution >= 4 is 28.5 Å². The highest BCUT2D eigenvalue weighted by atomic mass is 16.2. The van der Waals surface area contributed by atoms with E-state index in [-0.39, 0.29) is 5.91 Å². The zero-order valence-corrected chi connectivity index (χ0v) is 17.9. The molecule has 1 aliphatic rings. The molecule has 2 aromatic carbocycles. The summed E-state index contributed by atoms with van der Waals surface area (Å²) in [4.78, 5) is 18.8. The molecule has 0 saturated carbocycles. The molecule has 0 fully saturated rings. The lowest BCUT2D eigenvalue weighted by Crippen LogP contribution is -2.20. The third kappa shape index (κ3) is 4.92. The number of rotatable bonds is 7. The molecule has 31 heavy (non-hydrogen) atoms. The van der Waals surface area contributed by atoms with Gasteiger partial charge in [0.1, 0.15) is 0 Å². The summed E-state index contributed by atoms with van der Waals surface area (Å²) >= 11 is 0. The number of anilines is 3. The fourth-order valence-corrected chi connectivity index (χ4v) is 3.79. The van der Waals surface area contributed by atoms with Crippen molar-refractivity contribution in [1.29, 1.82) is 0 Å². The highest BCUT2D eigenvalue weighted by Gasteiger charge is 2.26. The molecule has 0 spiro atoms. The largest absolute Gasteiger partial charge is 0.399 e. The summed E-state index contributed by atoms with van der Waals surface area (Å²) in [6.45, 7) is 3.77. The SMILES string of the molecule is CC(Nc1ccc(CN(C)CCc2ccncc2)cc1)=C1C(=O)Nc2ccc(N)cc21. The van der Waals surface area contributed by atoms with Crippen LogP contribution >= 0.6 is 0 Å². The quantitative estimate of drug-likeness (QED) is 0.401. The van der Waals surface area contributed by atoms with Crippen LogP contribution in [0.3, 0.4) is 0 Å². The standard InChI is InChI=1S/C25H27N5O/c1-17(24-22-15-20(26)5-8-23(22)29-25(24)31)28-21-6-3-19(4-7-21)16-30(2)14-11-18-9-12-27-13-10-18/h3-10,12-13,15,28H,11,14,16,26H2,1-2H3,(H,29,31). The van der Waals surface area contributed by atoms with Gasteiger partial charge in [-0.1, -0.05) is 12.1 Å². The van der Waals surface area contributed by atoms with Crippen LogP contribution in [-0.2, 0) is 17.8 Å². The molecule has 0 atom stereocenters. The number of carbonyl (C=O) groups excluding carboxylic acids is 1. The van der Waals surface area contributed by atoms with Crippen LogP contribution in [0.15, 0.2) is 72.7 Å². The molecule has 0 radical (unpaired) electrons. The number of amides is 1. The van der Waals surface area contributed by atoms with E-state index in [9.17, 15) is 4.79 Å². The molecule has 4 rings (SSSR count). The van der Waals surface area contributed by atoms with Crippen molar-refractivity contribution in [3.05, 3.63) is 89.4 Å². The molecule has 2 heterocycles. The summed E-state index contributed by atoms with van der Waals surface area (Å²) < 4.78 is 0. The van der Waals surface area contributed by atoms with E-state index in [0.29, 0.717) is 11.3 Å². The van der Waals surface area contributed by atoms with E-state index in [0.717, 1.165) is 42.1 Å². The second-order valence-corrected chi connectivity index (χ2v) is 7.92. The molecule has 3 aromatic rings. The van der Waals surface area contributed by atoms with Crippen LogP contribution < -0.4 is 16.4 Å². The van der Waals surface area contributed by atoms with Crippen molar-refractivity contribution in [2.45, 2.75) is 19.9 Å². The Labute approximate surface area is 182 Å². The van der Waals surface area contributed by atoms with Crippen molar-refractivity contribution in [1.82, 2.24) is 9.88 Å². The number of fused-ring (bicyclic) bond motifs is 1. The van der Waals surface area contributed by atoms with E-state index >= 15 is 0 Å². The number of nitrogens with zero attached hydrogens (tertiary/aromatic N) is 2. The summed E-state index contributed by atoms with van der Waals surface area (Å²) in [5.74, 6) is -0.113. The Morgan fingerprint density at radius 2 is 1.81 bits per heavy atom. The van der Waals surface area contributed by atoms with Crippen LogP contribution in [0, 0.1) is 0 Å². The minimum Gasteiger partial charge on any atom is -0.399 e. The Bertz CT molecular complexity index is 1110. The number of nitrogens with two attached hydrogens (primary N) is 1. The van der Waals surface area contributed by atoms with Gasteiger partial charge in [0.05, 0.1) is 5.57 Å². The van der Waals surface area contributed by atoms with E-state index in [2.05, 4.69) is 51.8 Å². The average Bonchev–Trinajstić information content (AvgIpc) is 3.09. The Morgan fingerprint density at radius 1 is 1.06 bits per heavy atom. The van der Waals surface area contributed by atoms with Gasteiger partial charge >= 0.3 is 0 Å². The van der Waals surface area contributed by atoms with Crippen LogP contribution in [0.5, 0.6) is 0 Å². The van der Waals surface area contributed by atoms with Gasteiger partial charge in [-0.25, -0.2) is 0 Å². The molecule has 1 aliphatic heterocycles. The lowest BCUT2D eigenvalue weighted by Gasteiger charge is -2.17. The van der Waals surface area contributed by atoms with Crippen LogP contribution in [0.2, 0.25) is 0 Å². The average molecular weight is 414 g/mol. The zero-order valence-electron chi connectivity index (χ0n) is 17.9. The summed E-state index contributed by atoms with van der Waals surface area (Å²) in [6.07, 6.45) is 4.67. The Balaban J connectivity index is 1.39. The van der Waals surface area contributed by atoms with Crippen molar-refractivity contribution in [2.75, 3.05) is 30.0 Å². The maximum Gasteiger partial charge on any atom is 0.258 e. The monoisotopic (exact) mass is 413 g/mol. The Hall–Kier alpha value is -3.64. The van der Waals surface area contributed by atoms with Gasteiger partial charge < -0.3 is 21.3 Å². The molecular weight excluding hydrogens is 386 g/mol. The molecule has 0 unspecified atom stereocenters. The van der Waals surface area contributed by atoms with Gasteiger partial charge in [-0.3, -0.25) is 9.78 Å². The lowest BCUT2D eigenvalue weighted by molar-refractivity contribution is -0.110. The van der Waals surface area contributed by atoms with Crippen LogP contribution in [0.1, 0.15) is 23.6 Å². The summed E-state index contributed by atoms with van der Waals surface area (Å²) in [5, 5.41) is 6.25. The minimum atomic E-state index is -0.113. The molecule has 158 valence electrons. The Morgan fingerprint density at radius 3 is 2.55 bits per heavy atom. The van der Waals surface area contributed by atoms with Crippen LogP contribution in [0.4, 0.5) is 17.1 Å². The van der Waals surface area contributed by atoms with E-state index in [4.69, 9.17) is 5.73 Å². The first-order valence-corrected chi connectivity index (χ1v) is 10.3. The van der Waals surface area contributed by atoms with Crippen molar-refractivity contribution in [2.24, 2.45) is 0 Å². The molecule has 6 nitrogen and oxygen atoms in total. The number of hydrogen-bond donors (Lipinski definition) is 3. The predicted molar refractivity (Wildman–Crippen MR) is 126 cm³/mol. The number of allylic oxidation sites excluding steroid dienone is 1. The first-order chi connectivity index (χ1) is 15.0. The molecule has 0 aliphatic carbocycles. The minimum absolute atomic E-state index is 0.113. The predicted octanol–water partition coefficient (Wildman–Crippen LogP) is 4.13. The third-order valence-corrected chi connectivity index (χ3v) is 5.43. The fraction of sp³-hybridized carbons (Fsp3) is 0.200. The highest BCUT2D eigenvalue weighted by molar-refractivity contribution is 6.32. The van der Waals surface area contributed by atoms with Gasteiger partial charge in [0, 0.05) is 53.8 Å². The number of carbonyl (C=O) groups is 1. The normalized spacial score (nSPS) is 14.4. The second-order valence-electron chi connectivity index (χ2n) is 7.92. The fourth-order valence-electron chi connectivity index (χ4n) is 3.79. The van der Waals surface area contributed by atoms with Crippen LogP contribution in [-0.4, -0.2) is 29.4 Å². The summed E-state index contributed by atoms with van der Waals surface area (Å²) in [6, 6.07) is 17.9. The number of pyridine rings is 1. The van der Waals surface area contributed by atoms with E-state index in [1.54, 1.807) is 6.07 Å². The number of nitrogen functional groups attached to an aromatic ring is 1. The molecule has 1 amide bonds. The molecule has 0 saturated heterocycles. The first-order valence-electron chi connectivity index (χ1n) is 10.3. The topological polar surface area (TPSA) is 83.3 Å². The van der Waals surface area contributed by atoms with Gasteiger partial charge in [0.2, 0.25) is 0 Å². The molecule has 0 bridgehead atoms.